The maximum atomic E-state index is 12.7. The van der Waals surface area contributed by atoms with Crippen LogP contribution in [0.1, 0.15) is 37.0 Å². The minimum Gasteiger partial charge on any atom is -0.491 e. The Morgan fingerprint density at radius 2 is 1.80 bits per heavy atom. The topological polar surface area (TPSA) is 107 Å². The molecule has 4 aromatic rings. The Morgan fingerprint density at radius 3 is 2.60 bits per heavy atom. The number of carbonyl (C=O) groups is 2. The Labute approximate surface area is 202 Å². The summed E-state index contributed by atoms with van der Waals surface area (Å²) in [5.74, 6) is 1.78. The van der Waals surface area contributed by atoms with Crippen molar-refractivity contribution in [1.29, 1.82) is 0 Å². The average molecular weight is 472 g/mol. The lowest BCUT2D eigenvalue weighted by Crippen LogP contribution is -2.13. The smallest absolute Gasteiger partial charge is 0.255 e. The number of hydrogen-bond donors (Lipinski definition) is 2. The summed E-state index contributed by atoms with van der Waals surface area (Å²) in [6.07, 6.45) is 3.52. The fraction of sp³-hybridized carbons (Fsp3) is 0.231. The van der Waals surface area contributed by atoms with Gasteiger partial charge in [-0.2, -0.15) is 0 Å². The van der Waals surface area contributed by atoms with Crippen molar-refractivity contribution in [2.75, 3.05) is 10.6 Å². The molecule has 2 aromatic carbocycles. The van der Waals surface area contributed by atoms with E-state index in [0.29, 0.717) is 40.1 Å². The van der Waals surface area contributed by atoms with Crippen molar-refractivity contribution < 1.29 is 19.1 Å². The number of imidazole rings is 1. The van der Waals surface area contributed by atoms with Gasteiger partial charge in [-0.15, -0.1) is 5.10 Å². The zero-order chi connectivity index (χ0) is 24.4. The molecule has 0 radical (unpaired) electrons. The second-order valence-corrected chi connectivity index (χ2v) is 8.64. The first kappa shape index (κ1) is 22.4. The van der Waals surface area contributed by atoms with Crippen LogP contribution in [-0.2, 0) is 4.79 Å². The van der Waals surface area contributed by atoms with Gasteiger partial charge < -0.3 is 20.1 Å². The van der Waals surface area contributed by atoms with Crippen molar-refractivity contribution in [3.05, 3.63) is 72.4 Å². The van der Waals surface area contributed by atoms with Gasteiger partial charge in [-0.05, 0) is 63.1 Å². The third kappa shape index (κ3) is 5.57. The number of nitrogens with one attached hydrogen (secondary N) is 2. The molecule has 0 aliphatic heterocycles. The summed E-state index contributed by atoms with van der Waals surface area (Å²) in [5, 5.41) is 10.1. The Hall–Kier alpha value is -4.40. The van der Waals surface area contributed by atoms with E-state index < -0.39 is 0 Å². The molecule has 2 N–H and O–H groups in total. The zero-order valence-electron chi connectivity index (χ0n) is 19.4. The number of carbonyl (C=O) groups excluding carboxylic acids is 2. The molecule has 5 rings (SSSR count). The molecule has 0 bridgehead atoms. The highest BCUT2D eigenvalue weighted by molar-refractivity contribution is 6.04. The molecule has 178 valence electrons. The monoisotopic (exact) mass is 471 g/mol. The minimum absolute atomic E-state index is 0.0112. The summed E-state index contributed by atoms with van der Waals surface area (Å²) < 4.78 is 13.1. The molecule has 0 spiro atoms. The lowest BCUT2D eigenvalue weighted by atomic mass is 10.2. The van der Waals surface area contributed by atoms with Gasteiger partial charge in [0.05, 0.1) is 12.3 Å². The molecule has 0 saturated heterocycles. The Kier molecular flexibility index (Phi) is 6.05. The Morgan fingerprint density at radius 1 is 1.00 bits per heavy atom. The molecule has 0 unspecified atom stereocenters. The summed E-state index contributed by atoms with van der Waals surface area (Å²) in [6, 6.07) is 17.5. The average Bonchev–Trinajstić information content (AvgIpc) is 3.60. The standard InChI is InChI=1S/C26H25N5O4/c1-16(2)34-20-7-3-5-18(13-20)26(33)27-19-6-4-8-21(14-19)35-24-12-11-23-28-22(15-31(23)30-24)29-25(32)17-9-10-17/h3-8,11-17H,9-10H2,1-2H3,(H,27,33)(H,29,32). The number of hydrogen-bond acceptors (Lipinski definition) is 6. The van der Waals surface area contributed by atoms with Crippen molar-refractivity contribution in [3.8, 4) is 17.4 Å². The molecule has 35 heavy (non-hydrogen) atoms. The van der Waals surface area contributed by atoms with Gasteiger partial charge in [-0.3, -0.25) is 9.59 Å². The van der Waals surface area contributed by atoms with E-state index in [1.54, 1.807) is 65.3 Å². The lowest BCUT2D eigenvalue weighted by Gasteiger charge is -2.11. The predicted octanol–water partition coefficient (Wildman–Crippen LogP) is 4.91. The second kappa shape index (κ2) is 9.46. The second-order valence-electron chi connectivity index (χ2n) is 8.64. The van der Waals surface area contributed by atoms with Crippen LogP contribution in [-0.4, -0.2) is 32.5 Å². The zero-order valence-corrected chi connectivity index (χ0v) is 19.4. The van der Waals surface area contributed by atoms with Crippen molar-refractivity contribution >= 4 is 29.0 Å². The summed E-state index contributed by atoms with van der Waals surface area (Å²) in [5.41, 5.74) is 1.66. The summed E-state index contributed by atoms with van der Waals surface area (Å²) >= 11 is 0. The number of ether oxygens (including phenoxy) is 2. The SMILES string of the molecule is CC(C)Oc1cccc(C(=O)Nc2cccc(Oc3ccc4nc(NC(=O)C5CC5)cn4n3)c2)c1. The molecule has 1 aliphatic rings. The van der Waals surface area contributed by atoms with E-state index in [1.165, 1.54) is 0 Å². The quantitative estimate of drug-likeness (QED) is 0.378. The van der Waals surface area contributed by atoms with E-state index >= 15 is 0 Å². The highest BCUT2D eigenvalue weighted by atomic mass is 16.5. The number of rotatable bonds is 8. The fourth-order valence-corrected chi connectivity index (χ4v) is 3.50. The first-order valence-corrected chi connectivity index (χ1v) is 11.5. The van der Waals surface area contributed by atoms with Crippen molar-refractivity contribution in [3.63, 3.8) is 0 Å². The van der Waals surface area contributed by atoms with Crippen LogP contribution >= 0.6 is 0 Å². The van der Waals surface area contributed by atoms with Gasteiger partial charge in [0.1, 0.15) is 11.5 Å². The molecule has 2 heterocycles. The molecular formula is C26H25N5O4. The molecule has 2 aromatic heterocycles. The minimum atomic E-state index is -0.255. The van der Waals surface area contributed by atoms with Gasteiger partial charge >= 0.3 is 0 Å². The van der Waals surface area contributed by atoms with E-state index in [-0.39, 0.29) is 23.8 Å². The number of fused-ring (bicyclic) bond motifs is 1. The first-order chi connectivity index (χ1) is 16.9. The van der Waals surface area contributed by atoms with Crippen molar-refractivity contribution in [2.45, 2.75) is 32.8 Å². The van der Waals surface area contributed by atoms with Gasteiger partial charge in [0, 0.05) is 29.3 Å². The Balaban J connectivity index is 1.26. The van der Waals surface area contributed by atoms with Gasteiger partial charge in [-0.25, -0.2) is 9.50 Å². The van der Waals surface area contributed by atoms with E-state index in [2.05, 4.69) is 20.7 Å². The van der Waals surface area contributed by atoms with Crippen LogP contribution in [0.15, 0.2) is 66.9 Å². The number of anilines is 2. The maximum Gasteiger partial charge on any atom is 0.255 e. The largest absolute Gasteiger partial charge is 0.491 e. The third-order valence-corrected chi connectivity index (χ3v) is 5.28. The molecule has 2 amide bonds. The van der Waals surface area contributed by atoms with Crippen LogP contribution < -0.4 is 20.1 Å². The summed E-state index contributed by atoms with van der Waals surface area (Å²) in [7, 11) is 0. The lowest BCUT2D eigenvalue weighted by molar-refractivity contribution is -0.117. The number of nitrogens with zero attached hydrogens (tertiary/aromatic N) is 3. The summed E-state index contributed by atoms with van der Waals surface area (Å²) in [4.78, 5) is 29.1. The molecule has 1 saturated carbocycles. The third-order valence-electron chi connectivity index (χ3n) is 5.28. The molecule has 0 atom stereocenters. The highest BCUT2D eigenvalue weighted by Crippen LogP contribution is 2.30. The molecule has 1 fully saturated rings. The Bertz CT molecular complexity index is 1390. The first-order valence-electron chi connectivity index (χ1n) is 11.5. The van der Waals surface area contributed by atoms with Crippen molar-refractivity contribution in [1.82, 2.24) is 14.6 Å². The van der Waals surface area contributed by atoms with E-state index in [4.69, 9.17) is 9.47 Å². The van der Waals surface area contributed by atoms with E-state index in [9.17, 15) is 9.59 Å². The molecule has 1 aliphatic carbocycles. The van der Waals surface area contributed by atoms with Gasteiger partial charge in [0.2, 0.25) is 11.8 Å². The number of aromatic nitrogens is 3. The van der Waals surface area contributed by atoms with Gasteiger partial charge in [0.15, 0.2) is 11.5 Å². The van der Waals surface area contributed by atoms with Crippen LogP contribution in [0.3, 0.4) is 0 Å². The van der Waals surface area contributed by atoms with Crippen LogP contribution in [0.25, 0.3) is 5.65 Å². The summed E-state index contributed by atoms with van der Waals surface area (Å²) in [6.45, 7) is 3.87. The molecular weight excluding hydrogens is 446 g/mol. The normalized spacial score (nSPS) is 13.0. The van der Waals surface area contributed by atoms with Crippen LogP contribution in [0.4, 0.5) is 11.5 Å². The van der Waals surface area contributed by atoms with Crippen molar-refractivity contribution in [2.24, 2.45) is 5.92 Å². The number of benzene rings is 2. The maximum absolute atomic E-state index is 12.7. The predicted molar refractivity (Wildman–Crippen MR) is 131 cm³/mol. The van der Waals surface area contributed by atoms with Crippen LogP contribution in [0, 0.1) is 5.92 Å². The van der Waals surface area contributed by atoms with E-state index in [1.807, 2.05) is 19.9 Å². The van der Waals surface area contributed by atoms with Gasteiger partial charge in [-0.1, -0.05) is 12.1 Å². The number of amides is 2. The molecule has 9 heteroatoms. The fourth-order valence-electron chi connectivity index (χ4n) is 3.50. The van der Waals surface area contributed by atoms with Crippen LogP contribution in [0.5, 0.6) is 17.4 Å². The molecule has 9 nitrogen and oxygen atoms in total. The van der Waals surface area contributed by atoms with Gasteiger partial charge in [0.25, 0.3) is 5.91 Å². The van der Waals surface area contributed by atoms with E-state index in [0.717, 1.165) is 12.8 Å². The van der Waals surface area contributed by atoms with Crippen LogP contribution in [0.2, 0.25) is 0 Å². The highest BCUT2D eigenvalue weighted by Gasteiger charge is 2.30.